The highest BCUT2D eigenvalue weighted by atomic mass is 15.0. The first kappa shape index (κ1) is 12.1. The third-order valence-electron chi connectivity index (χ3n) is 3.04. The Morgan fingerprint density at radius 3 is 3.06 bits per heavy atom. The molecular formula is C14H21N3. The highest BCUT2D eigenvalue weighted by Gasteiger charge is 2.03. The SMILES string of the molecule is CCCCC(C)NCc1cn2ccccc2n1. The van der Waals surface area contributed by atoms with E-state index in [0.717, 1.165) is 17.9 Å². The summed E-state index contributed by atoms with van der Waals surface area (Å²) in [5.74, 6) is 0. The lowest BCUT2D eigenvalue weighted by molar-refractivity contribution is 0.492. The Kier molecular flexibility index (Phi) is 4.15. The molecule has 0 amide bonds. The van der Waals surface area contributed by atoms with E-state index in [9.17, 15) is 0 Å². The van der Waals surface area contributed by atoms with Crippen LogP contribution in [-0.4, -0.2) is 15.4 Å². The van der Waals surface area contributed by atoms with Crippen molar-refractivity contribution in [1.82, 2.24) is 14.7 Å². The number of pyridine rings is 1. The Labute approximate surface area is 103 Å². The van der Waals surface area contributed by atoms with Gasteiger partial charge in [-0.05, 0) is 25.5 Å². The lowest BCUT2D eigenvalue weighted by Gasteiger charge is -2.11. The summed E-state index contributed by atoms with van der Waals surface area (Å²) >= 11 is 0. The molecule has 2 rings (SSSR count). The summed E-state index contributed by atoms with van der Waals surface area (Å²) in [6.45, 7) is 5.33. The number of fused-ring (bicyclic) bond motifs is 1. The quantitative estimate of drug-likeness (QED) is 0.828. The number of hydrogen-bond acceptors (Lipinski definition) is 2. The highest BCUT2D eigenvalue weighted by Crippen LogP contribution is 2.05. The molecule has 0 aromatic carbocycles. The molecule has 2 aromatic rings. The second-order valence-electron chi connectivity index (χ2n) is 4.62. The predicted molar refractivity (Wildman–Crippen MR) is 71.0 cm³/mol. The smallest absolute Gasteiger partial charge is 0.137 e. The molecule has 3 heteroatoms. The van der Waals surface area contributed by atoms with Crippen molar-refractivity contribution in [2.45, 2.75) is 45.7 Å². The van der Waals surface area contributed by atoms with Crippen LogP contribution in [0.15, 0.2) is 30.6 Å². The van der Waals surface area contributed by atoms with E-state index in [0.29, 0.717) is 6.04 Å². The third-order valence-corrected chi connectivity index (χ3v) is 3.04. The molecule has 3 nitrogen and oxygen atoms in total. The molecular weight excluding hydrogens is 210 g/mol. The minimum Gasteiger partial charge on any atom is -0.309 e. The Balaban J connectivity index is 1.90. The maximum absolute atomic E-state index is 4.57. The molecule has 0 aliphatic heterocycles. The van der Waals surface area contributed by atoms with Gasteiger partial charge in [-0.25, -0.2) is 4.98 Å². The van der Waals surface area contributed by atoms with E-state index in [4.69, 9.17) is 0 Å². The maximum atomic E-state index is 4.57. The minimum atomic E-state index is 0.569. The number of imidazole rings is 1. The van der Waals surface area contributed by atoms with Crippen LogP contribution in [0.5, 0.6) is 0 Å². The topological polar surface area (TPSA) is 29.3 Å². The van der Waals surface area contributed by atoms with Crippen LogP contribution in [0.3, 0.4) is 0 Å². The fourth-order valence-corrected chi connectivity index (χ4v) is 1.96. The maximum Gasteiger partial charge on any atom is 0.137 e. The summed E-state index contributed by atoms with van der Waals surface area (Å²) in [5, 5.41) is 3.52. The van der Waals surface area contributed by atoms with Crippen molar-refractivity contribution < 1.29 is 0 Å². The molecule has 0 fully saturated rings. The molecule has 0 radical (unpaired) electrons. The third kappa shape index (κ3) is 3.30. The van der Waals surface area contributed by atoms with Crippen molar-refractivity contribution in [3.05, 3.63) is 36.3 Å². The van der Waals surface area contributed by atoms with Gasteiger partial charge in [0.1, 0.15) is 5.65 Å². The molecule has 0 saturated heterocycles. The molecule has 0 spiro atoms. The van der Waals surface area contributed by atoms with Crippen LogP contribution >= 0.6 is 0 Å². The van der Waals surface area contributed by atoms with E-state index in [1.54, 1.807) is 0 Å². The van der Waals surface area contributed by atoms with Crippen molar-refractivity contribution in [2.75, 3.05) is 0 Å². The Hall–Kier alpha value is -1.35. The Morgan fingerprint density at radius 1 is 1.41 bits per heavy atom. The molecule has 17 heavy (non-hydrogen) atoms. The lowest BCUT2D eigenvalue weighted by atomic mass is 10.1. The first-order valence-corrected chi connectivity index (χ1v) is 6.45. The first-order chi connectivity index (χ1) is 8.29. The molecule has 2 aromatic heterocycles. The van der Waals surface area contributed by atoms with Gasteiger partial charge in [0.05, 0.1) is 5.69 Å². The zero-order valence-electron chi connectivity index (χ0n) is 10.7. The highest BCUT2D eigenvalue weighted by molar-refractivity contribution is 5.39. The van der Waals surface area contributed by atoms with Crippen LogP contribution in [0.25, 0.3) is 5.65 Å². The van der Waals surface area contributed by atoms with Gasteiger partial charge in [0, 0.05) is 25.0 Å². The van der Waals surface area contributed by atoms with E-state index in [-0.39, 0.29) is 0 Å². The molecule has 0 aliphatic rings. The van der Waals surface area contributed by atoms with Gasteiger partial charge in [-0.1, -0.05) is 25.8 Å². The first-order valence-electron chi connectivity index (χ1n) is 6.45. The summed E-state index contributed by atoms with van der Waals surface area (Å²) in [4.78, 5) is 4.57. The summed E-state index contributed by atoms with van der Waals surface area (Å²) < 4.78 is 2.06. The van der Waals surface area contributed by atoms with Crippen LogP contribution in [0.2, 0.25) is 0 Å². The normalized spacial score (nSPS) is 13.1. The van der Waals surface area contributed by atoms with Crippen molar-refractivity contribution >= 4 is 5.65 Å². The van der Waals surface area contributed by atoms with E-state index < -0.39 is 0 Å². The van der Waals surface area contributed by atoms with Crippen LogP contribution in [0.4, 0.5) is 0 Å². The van der Waals surface area contributed by atoms with Gasteiger partial charge >= 0.3 is 0 Å². The average Bonchev–Trinajstić information content (AvgIpc) is 2.76. The van der Waals surface area contributed by atoms with Crippen LogP contribution in [0.1, 0.15) is 38.8 Å². The standard InChI is InChI=1S/C14H21N3/c1-3-4-7-12(2)15-10-13-11-17-9-6-5-8-14(17)16-13/h5-6,8-9,11-12,15H,3-4,7,10H2,1-2H3. The van der Waals surface area contributed by atoms with Gasteiger partial charge in [0.25, 0.3) is 0 Å². The molecule has 2 heterocycles. The monoisotopic (exact) mass is 231 g/mol. The van der Waals surface area contributed by atoms with Gasteiger partial charge in [-0.2, -0.15) is 0 Å². The van der Waals surface area contributed by atoms with Crippen molar-refractivity contribution in [2.24, 2.45) is 0 Å². The largest absolute Gasteiger partial charge is 0.309 e. The summed E-state index contributed by atoms with van der Waals surface area (Å²) in [5.41, 5.74) is 2.13. The van der Waals surface area contributed by atoms with Gasteiger partial charge in [0.15, 0.2) is 0 Å². The molecule has 0 aliphatic carbocycles. The Bertz CT molecular complexity index is 428. The number of rotatable bonds is 6. The second kappa shape index (κ2) is 5.82. The van der Waals surface area contributed by atoms with Crippen molar-refractivity contribution in [3.8, 4) is 0 Å². The zero-order valence-corrected chi connectivity index (χ0v) is 10.7. The van der Waals surface area contributed by atoms with Crippen molar-refractivity contribution in [1.29, 1.82) is 0 Å². The number of nitrogens with zero attached hydrogens (tertiary/aromatic N) is 2. The molecule has 1 N–H and O–H groups in total. The Morgan fingerprint density at radius 2 is 2.29 bits per heavy atom. The van der Waals surface area contributed by atoms with Gasteiger partial charge < -0.3 is 9.72 Å². The molecule has 1 atom stereocenters. The molecule has 1 unspecified atom stereocenters. The molecule has 0 bridgehead atoms. The van der Waals surface area contributed by atoms with Crippen molar-refractivity contribution in [3.63, 3.8) is 0 Å². The van der Waals surface area contributed by atoms with E-state index in [1.165, 1.54) is 19.3 Å². The lowest BCUT2D eigenvalue weighted by Crippen LogP contribution is -2.25. The number of nitrogens with one attached hydrogen (secondary N) is 1. The number of unbranched alkanes of at least 4 members (excludes halogenated alkanes) is 1. The fourth-order valence-electron chi connectivity index (χ4n) is 1.96. The van der Waals surface area contributed by atoms with Gasteiger partial charge in [0.2, 0.25) is 0 Å². The summed E-state index contributed by atoms with van der Waals surface area (Å²) in [6.07, 6.45) is 7.92. The number of aromatic nitrogens is 2. The second-order valence-corrected chi connectivity index (χ2v) is 4.62. The van der Waals surface area contributed by atoms with Gasteiger partial charge in [-0.3, -0.25) is 0 Å². The predicted octanol–water partition coefficient (Wildman–Crippen LogP) is 3.00. The van der Waals surface area contributed by atoms with Gasteiger partial charge in [-0.15, -0.1) is 0 Å². The summed E-state index contributed by atoms with van der Waals surface area (Å²) in [7, 11) is 0. The average molecular weight is 231 g/mol. The van der Waals surface area contributed by atoms with E-state index >= 15 is 0 Å². The van der Waals surface area contributed by atoms with E-state index in [2.05, 4.69) is 34.7 Å². The molecule has 0 saturated carbocycles. The van der Waals surface area contributed by atoms with Crippen LogP contribution in [-0.2, 0) is 6.54 Å². The van der Waals surface area contributed by atoms with Crippen LogP contribution < -0.4 is 5.32 Å². The van der Waals surface area contributed by atoms with Crippen LogP contribution in [0, 0.1) is 0 Å². The van der Waals surface area contributed by atoms with E-state index in [1.807, 2.05) is 24.4 Å². The molecule has 92 valence electrons. The summed E-state index contributed by atoms with van der Waals surface area (Å²) in [6, 6.07) is 6.64. The number of hydrogen-bond donors (Lipinski definition) is 1. The zero-order chi connectivity index (χ0) is 12.1. The fraction of sp³-hybridized carbons (Fsp3) is 0.500. The minimum absolute atomic E-state index is 0.569.